The van der Waals surface area contributed by atoms with Crippen LogP contribution in [0, 0.1) is 13.8 Å². The number of ether oxygens (including phenoxy) is 1. The minimum absolute atomic E-state index is 0.0803. The second-order valence-electron chi connectivity index (χ2n) is 8.27. The largest absolute Gasteiger partial charge is 0.374 e. The lowest BCUT2D eigenvalue weighted by atomic mass is 9.98. The van der Waals surface area contributed by atoms with Crippen molar-refractivity contribution in [3.05, 3.63) is 58.9 Å². The van der Waals surface area contributed by atoms with E-state index in [2.05, 4.69) is 35.0 Å². The van der Waals surface area contributed by atoms with E-state index in [1.807, 2.05) is 30.0 Å². The van der Waals surface area contributed by atoms with Crippen molar-refractivity contribution in [3.8, 4) is 11.3 Å². The molecule has 1 aliphatic heterocycles. The second kappa shape index (κ2) is 8.78. The van der Waals surface area contributed by atoms with Crippen LogP contribution in [-0.4, -0.2) is 58.1 Å². The molecule has 3 heterocycles. The molecule has 1 unspecified atom stereocenters. The number of aryl methyl sites for hydroxylation is 2. The number of carbonyl (C=O) groups excluding carboxylic acids is 1. The van der Waals surface area contributed by atoms with Crippen LogP contribution in [0.3, 0.4) is 0 Å². The molecule has 1 aliphatic rings. The molecule has 2 atom stereocenters. The number of nitrogens with zero attached hydrogens (tertiary/aromatic N) is 3. The van der Waals surface area contributed by atoms with Gasteiger partial charge in [0.15, 0.2) is 0 Å². The highest BCUT2D eigenvalue weighted by molar-refractivity contribution is 5.73. The van der Waals surface area contributed by atoms with E-state index in [4.69, 9.17) is 9.72 Å². The number of carbonyl (C=O) groups is 1. The summed E-state index contributed by atoms with van der Waals surface area (Å²) in [6.07, 6.45) is 1.92. The molecule has 1 amide bonds. The van der Waals surface area contributed by atoms with Gasteiger partial charge in [-0.1, -0.05) is 18.2 Å². The molecule has 0 spiro atoms. The lowest BCUT2D eigenvalue weighted by Gasteiger charge is -2.32. The fraction of sp³-hybridized carbons (Fsp3) is 0.417. The minimum atomic E-state index is -0.704. The molecule has 164 valence electrons. The number of amides is 1. The maximum absolute atomic E-state index is 11.9. The molecule has 4 rings (SSSR count). The van der Waals surface area contributed by atoms with E-state index < -0.39 is 6.23 Å². The maximum Gasteiger partial charge on any atom is 0.219 e. The van der Waals surface area contributed by atoms with E-state index in [1.165, 1.54) is 0 Å². The van der Waals surface area contributed by atoms with Crippen LogP contribution in [0.4, 0.5) is 0 Å². The molecule has 1 aromatic carbocycles. The van der Waals surface area contributed by atoms with Crippen LogP contribution in [0.5, 0.6) is 0 Å². The number of benzene rings is 1. The fourth-order valence-electron chi connectivity index (χ4n) is 4.24. The van der Waals surface area contributed by atoms with Gasteiger partial charge < -0.3 is 19.1 Å². The monoisotopic (exact) mass is 422 g/mol. The van der Waals surface area contributed by atoms with E-state index >= 15 is 0 Å². The van der Waals surface area contributed by atoms with Crippen LogP contribution in [0.15, 0.2) is 36.5 Å². The third-order valence-corrected chi connectivity index (χ3v) is 5.98. The summed E-state index contributed by atoms with van der Waals surface area (Å²) >= 11 is 0. The molecule has 7 heteroatoms. The molecular weight excluding hydrogens is 392 g/mol. The van der Waals surface area contributed by atoms with Gasteiger partial charge in [-0.15, -0.1) is 0 Å². The summed E-state index contributed by atoms with van der Waals surface area (Å²) in [5, 5.41) is 13.0. The molecule has 3 aromatic rings. The number of morpholine rings is 1. The molecule has 2 aromatic heterocycles. The van der Waals surface area contributed by atoms with Crippen molar-refractivity contribution in [2.45, 2.75) is 39.5 Å². The third-order valence-electron chi connectivity index (χ3n) is 5.98. The van der Waals surface area contributed by atoms with Crippen molar-refractivity contribution in [1.82, 2.24) is 19.6 Å². The first-order valence-electron chi connectivity index (χ1n) is 10.7. The van der Waals surface area contributed by atoms with Crippen molar-refractivity contribution in [2.24, 2.45) is 0 Å². The van der Waals surface area contributed by atoms with Gasteiger partial charge in [0, 0.05) is 38.2 Å². The van der Waals surface area contributed by atoms with Crippen LogP contribution >= 0.6 is 0 Å². The molecule has 0 bridgehead atoms. The predicted octanol–water partition coefficient (Wildman–Crippen LogP) is 2.62. The quantitative estimate of drug-likeness (QED) is 0.618. The number of imidazole rings is 1. The summed E-state index contributed by atoms with van der Waals surface area (Å²) in [6.45, 7) is 7.47. The number of aromatic nitrogens is 2. The highest BCUT2D eigenvalue weighted by Gasteiger charge is 2.26. The molecule has 1 saturated heterocycles. The number of aliphatic hydroxyl groups excluding tert-OH is 1. The van der Waals surface area contributed by atoms with E-state index in [0.29, 0.717) is 26.1 Å². The molecule has 2 N–H and O–H groups in total. The first-order chi connectivity index (χ1) is 14.9. The molecule has 7 nitrogen and oxygen atoms in total. The number of pyridine rings is 1. The van der Waals surface area contributed by atoms with Crippen molar-refractivity contribution in [3.63, 3.8) is 0 Å². The van der Waals surface area contributed by atoms with E-state index in [0.717, 1.165) is 39.3 Å². The summed E-state index contributed by atoms with van der Waals surface area (Å²) in [5.41, 5.74) is 6.91. The zero-order valence-corrected chi connectivity index (χ0v) is 18.6. The smallest absolute Gasteiger partial charge is 0.219 e. The standard InChI is InChI=1S/C24H30N4O3/c1-15-7-8-28-21(13-19-14-27(17(3)29)9-10-31-19)23(26-22(28)11-15)20-6-5-18(12-16(20)2)24(30)25-4/h5-8,11-12,19,24-25,30H,9-10,13-14H2,1-4H3/t19-,24?/m0/s1. The SMILES string of the molecule is CNC(O)c1ccc(-c2nc3cc(C)ccn3c2C[C@H]2CN(C(C)=O)CCO2)c(C)c1. The average molecular weight is 423 g/mol. The van der Waals surface area contributed by atoms with Crippen LogP contribution in [0.1, 0.15) is 35.5 Å². The Bertz CT molecular complexity index is 1110. The first-order valence-corrected chi connectivity index (χ1v) is 10.7. The number of aliphatic hydroxyl groups is 1. The summed E-state index contributed by atoms with van der Waals surface area (Å²) in [5.74, 6) is 0.0804. The Balaban J connectivity index is 1.76. The number of hydrogen-bond acceptors (Lipinski definition) is 5. The van der Waals surface area contributed by atoms with Gasteiger partial charge >= 0.3 is 0 Å². The van der Waals surface area contributed by atoms with Crippen LogP contribution in [0.25, 0.3) is 16.9 Å². The van der Waals surface area contributed by atoms with Gasteiger partial charge in [0.2, 0.25) is 5.91 Å². The molecular formula is C24H30N4O3. The Labute approximate surface area is 182 Å². The van der Waals surface area contributed by atoms with Crippen LogP contribution < -0.4 is 5.32 Å². The molecule has 0 saturated carbocycles. The van der Waals surface area contributed by atoms with Gasteiger partial charge in [-0.25, -0.2) is 4.98 Å². The highest BCUT2D eigenvalue weighted by atomic mass is 16.5. The second-order valence-corrected chi connectivity index (χ2v) is 8.27. The van der Waals surface area contributed by atoms with Gasteiger partial charge in [0.25, 0.3) is 0 Å². The third kappa shape index (κ3) is 4.35. The molecule has 1 fully saturated rings. The van der Waals surface area contributed by atoms with E-state index in [9.17, 15) is 9.90 Å². The van der Waals surface area contributed by atoms with Crippen molar-refractivity contribution < 1.29 is 14.6 Å². The number of hydrogen-bond donors (Lipinski definition) is 2. The van der Waals surface area contributed by atoms with Crippen molar-refractivity contribution in [1.29, 1.82) is 0 Å². The lowest BCUT2D eigenvalue weighted by molar-refractivity contribution is -0.136. The fourth-order valence-corrected chi connectivity index (χ4v) is 4.24. The van der Waals surface area contributed by atoms with Crippen molar-refractivity contribution in [2.75, 3.05) is 26.7 Å². The minimum Gasteiger partial charge on any atom is -0.374 e. The summed E-state index contributed by atoms with van der Waals surface area (Å²) in [6, 6.07) is 10.1. The van der Waals surface area contributed by atoms with Gasteiger partial charge in [-0.05, 0) is 49.7 Å². The predicted molar refractivity (Wildman–Crippen MR) is 120 cm³/mol. The maximum atomic E-state index is 11.9. The van der Waals surface area contributed by atoms with Gasteiger partial charge in [0.1, 0.15) is 11.9 Å². The van der Waals surface area contributed by atoms with Crippen LogP contribution in [0.2, 0.25) is 0 Å². The van der Waals surface area contributed by atoms with Crippen LogP contribution in [-0.2, 0) is 16.0 Å². The number of fused-ring (bicyclic) bond motifs is 1. The lowest BCUT2D eigenvalue weighted by Crippen LogP contribution is -2.45. The van der Waals surface area contributed by atoms with Gasteiger partial charge in [0.05, 0.1) is 24.1 Å². The van der Waals surface area contributed by atoms with Gasteiger partial charge in [-0.2, -0.15) is 0 Å². The summed E-state index contributed by atoms with van der Waals surface area (Å²) in [4.78, 5) is 18.7. The van der Waals surface area contributed by atoms with Crippen molar-refractivity contribution >= 4 is 11.6 Å². The zero-order chi connectivity index (χ0) is 22.1. The highest BCUT2D eigenvalue weighted by Crippen LogP contribution is 2.31. The summed E-state index contributed by atoms with van der Waals surface area (Å²) in [7, 11) is 1.73. The van der Waals surface area contributed by atoms with E-state index in [1.54, 1.807) is 14.0 Å². The summed E-state index contributed by atoms with van der Waals surface area (Å²) < 4.78 is 8.13. The van der Waals surface area contributed by atoms with E-state index in [-0.39, 0.29) is 12.0 Å². The first kappa shape index (κ1) is 21.5. The topological polar surface area (TPSA) is 79.1 Å². The molecule has 31 heavy (non-hydrogen) atoms. The molecule has 0 radical (unpaired) electrons. The number of nitrogens with one attached hydrogen (secondary N) is 1. The molecule has 0 aliphatic carbocycles. The Morgan fingerprint density at radius 2 is 2.13 bits per heavy atom. The number of rotatable bonds is 5. The normalized spacial score (nSPS) is 17.8. The zero-order valence-electron chi connectivity index (χ0n) is 18.6. The average Bonchev–Trinajstić information content (AvgIpc) is 3.10. The Kier molecular flexibility index (Phi) is 6.09. The Hall–Kier alpha value is -2.74. The van der Waals surface area contributed by atoms with Gasteiger partial charge in [-0.3, -0.25) is 10.1 Å². The Morgan fingerprint density at radius 3 is 2.84 bits per heavy atom. The Morgan fingerprint density at radius 1 is 1.32 bits per heavy atom.